The number of aryl methyl sites for hydroxylation is 2. The Morgan fingerprint density at radius 1 is 1.14 bits per heavy atom. The topological polar surface area (TPSA) is 53.4 Å². The Morgan fingerprint density at radius 3 is 2.76 bits per heavy atom. The van der Waals surface area contributed by atoms with Gasteiger partial charge in [0.15, 0.2) is 0 Å². The van der Waals surface area contributed by atoms with Crippen molar-refractivity contribution in [2.24, 2.45) is 7.05 Å². The van der Waals surface area contributed by atoms with Crippen LogP contribution in [0.1, 0.15) is 24.2 Å². The summed E-state index contributed by atoms with van der Waals surface area (Å²) in [5.74, 6) is 0.991. The molecule has 1 N–H and O–H groups in total. The Morgan fingerprint density at radius 2 is 2.00 bits per heavy atom. The number of rotatable bonds is 2. The zero-order chi connectivity index (χ0) is 19.3. The van der Waals surface area contributed by atoms with Crippen molar-refractivity contribution in [3.8, 4) is 0 Å². The number of pyridine rings is 1. The lowest BCUT2D eigenvalue weighted by Gasteiger charge is -2.35. The zero-order valence-electron chi connectivity index (χ0n) is 16.4. The van der Waals surface area contributed by atoms with Crippen LogP contribution in [0.5, 0.6) is 0 Å². The van der Waals surface area contributed by atoms with E-state index in [1.807, 2.05) is 30.2 Å². The van der Waals surface area contributed by atoms with Crippen LogP contribution in [0.15, 0.2) is 36.5 Å². The number of nitrogens with one attached hydrogen (secondary N) is 1. The number of anilines is 2. The molecule has 0 atom stereocenters. The van der Waals surface area contributed by atoms with Crippen LogP contribution < -0.4 is 15.1 Å². The molecular formula is C23H29N5O. The Bertz CT molecular complexity index is 1050. The van der Waals surface area contributed by atoms with E-state index in [1.54, 1.807) is 0 Å². The van der Waals surface area contributed by atoms with Gasteiger partial charge in [-0.1, -0.05) is 19.6 Å². The van der Waals surface area contributed by atoms with Gasteiger partial charge in [-0.25, -0.2) is 4.98 Å². The lowest BCUT2D eigenvalue weighted by molar-refractivity contribution is -0.117. The fourth-order valence-electron chi connectivity index (χ4n) is 4.45. The van der Waals surface area contributed by atoms with Crippen LogP contribution in [0.4, 0.5) is 11.5 Å². The number of carbonyl (C=O) groups is 1. The van der Waals surface area contributed by atoms with Crippen molar-refractivity contribution in [2.75, 3.05) is 36.0 Å². The Kier molecular flexibility index (Phi) is 5.04. The quantitative estimate of drug-likeness (QED) is 0.730. The van der Waals surface area contributed by atoms with Crippen molar-refractivity contribution in [3.05, 3.63) is 53.3 Å². The van der Waals surface area contributed by atoms with Gasteiger partial charge in [0.05, 0.1) is 12.1 Å². The minimum atomic E-state index is 0. The second-order valence-electron chi connectivity index (χ2n) is 7.77. The molecule has 1 fully saturated rings. The van der Waals surface area contributed by atoms with Gasteiger partial charge in [-0.2, -0.15) is 0 Å². The van der Waals surface area contributed by atoms with Crippen molar-refractivity contribution in [3.63, 3.8) is 0 Å². The van der Waals surface area contributed by atoms with E-state index < -0.39 is 0 Å². The number of piperazine rings is 1. The molecule has 2 aromatic heterocycles. The molecule has 152 valence electrons. The smallest absolute Gasteiger partial charge is 0.246 e. The van der Waals surface area contributed by atoms with Gasteiger partial charge in [-0.15, -0.1) is 0 Å². The van der Waals surface area contributed by atoms with Crippen LogP contribution in [0.25, 0.3) is 10.9 Å². The highest BCUT2D eigenvalue weighted by Gasteiger charge is 2.27. The molecule has 0 radical (unpaired) electrons. The van der Waals surface area contributed by atoms with Gasteiger partial charge in [0.1, 0.15) is 5.82 Å². The van der Waals surface area contributed by atoms with Gasteiger partial charge in [0.2, 0.25) is 5.91 Å². The summed E-state index contributed by atoms with van der Waals surface area (Å²) in [6, 6.07) is 10.5. The molecule has 0 spiro atoms. The summed E-state index contributed by atoms with van der Waals surface area (Å²) < 4.78 is 2.30. The second kappa shape index (κ2) is 7.52. The average molecular weight is 392 g/mol. The van der Waals surface area contributed by atoms with E-state index in [1.165, 1.54) is 22.2 Å². The van der Waals surface area contributed by atoms with Gasteiger partial charge in [0, 0.05) is 62.6 Å². The van der Waals surface area contributed by atoms with E-state index in [4.69, 9.17) is 0 Å². The SMILES string of the molecule is C.Cc1ccc(N2CCN(c3ccc4c5c(n(C)c4c3)CCNC5)C(=O)C2)nc1. The fourth-order valence-corrected chi connectivity index (χ4v) is 4.45. The third-order valence-corrected chi connectivity index (χ3v) is 6.01. The van der Waals surface area contributed by atoms with E-state index >= 15 is 0 Å². The van der Waals surface area contributed by atoms with Crippen molar-refractivity contribution in [1.82, 2.24) is 14.9 Å². The number of fused-ring (bicyclic) bond motifs is 3. The van der Waals surface area contributed by atoms with E-state index in [9.17, 15) is 4.79 Å². The van der Waals surface area contributed by atoms with Gasteiger partial charge >= 0.3 is 0 Å². The van der Waals surface area contributed by atoms with Crippen molar-refractivity contribution in [1.29, 1.82) is 0 Å². The maximum Gasteiger partial charge on any atom is 0.246 e. The Balaban J connectivity index is 0.00000205. The molecule has 0 unspecified atom stereocenters. The summed E-state index contributed by atoms with van der Waals surface area (Å²) in [5, 5.41) is 4.76. The van der Waals surface area contributed by atoms with Crippen LogP contribution in [0.2, 0.25) is 0 Å². The lowest BCUT2D eigenvalue weighted by Crippen LogP contribution is -2.50. The minimum absolute atomic E-state index is 0. The molecule has 1 aromatic carbocycles. The number of nitrogens with zero attached hydrogens (tertiary/aromatic N) is 4. The predicted molar refractivity (Wildman–Crippen MR) is 119 cm³/mol. The van der Waals surface area contributed by atoms with E-state index in [0.717, 1.165) is 43.1 Å². The number of hydrogen-bond donors (Lipinski definition) is 1. The molecule has 1 amide bonds. The van der Waals surface area contributed by atoms with E-state index in [2.05, 4.69) is 45.0 Å². The van der Waals surface area contributed by atoms with Crippen molar-refractivity contribution in [2.45, 2.75) is 27.3 Å². The van der Waals surface area contributed by atoms with Crippen LogP contribution in [0.3, 0.4) is 0 Å². The number of benzene rings is 1. The molecule has 6 heteroatoms. The van der Waals surface area contributed by atoms with Gasteiger partial charge in [0.25, 0.3) is 0 Å². The summed E-state index contributed by atoms with van der Waals surface area (Å²) in [5.41, 5.74) is 6.13. The van der Waals surface area contributed by atoms with Crippen LogP contribution in [-0.4, -0.2) is 41.6 Å². The molecule has 1 saturated heterocycles. The first-order valence-corrected chi connectivity index (χ1v) is 9.91. The zero-order valence-corrected chi connectivity index (χ0v) is 16.4. The summed E-state index contributed by atoms with van der Waals surface area (Å²) in [6.07, 6.45) is 2.91. The summed E-state index contributed by atoms with van der Waals surface area (Å²) in [4.78, 5) is 21.3. The third-order valence-electron chi connectivity index (χ3n) is 6.01. The highest BCUT2D eigenvalue weighted by molar-refractivity contribution is 6.00. The summed E-state index contributed by atoms with van der Waals surface area (Å²) in [7, 11) is 2.14. The largest absolute Gasteiger partial charge is 0.347 e. The second-order valence-corrected chi connectivity index (χ2v) is 7.77. The normalized spacial score (nSPS) is 16.7. The number of carbonyl (C=O) groups excluding carboxylic acids is 1. The molecule has 4 heterocycles. The number of hydrogen-bond acceptors (Lipinski definition) is 4. The summed E-state index contributed by atoms with van der Waals surface area (Å²) in [6.45, 7) is 5.79. The summed E-state index contributed by atoms with van der Waals surface area (Å²) >= 11 is 0. The maximum atomic E-state index is 12.9. The Labute approximate surface area is 172 Å². The monoisotopic (exact) mass is 391 g/mol. The van der Waals surface area contributed by atoms with Gasteiger partial charge in [-0.05, 0) is 36.2 Å². The highest BCUT2D eigenvalue weighted by atomic mass is 16.2. The Hall–Kier alpha value is -2.86. The molecule has 5 rings (SSSR count). The first kappa shape index (κ1) is 19.5. The fraction of sp³-hybridized carbons (Fsp3) is 0.391. The van der Waals surface area contributed by atoms with Crippen molar-refractivity contribution >= 4 is 28.3 Å². The van der Waals surface area contributed by atoms with E-state index in [-0.39, 0.29) is 13.3 Å². The molecule has 0 bridgehead atoms. The minimum Gasteiger partial charge on any atom is -0.347 e. The van der Waals surface area contributed by atoms with Crippen molar-refractivity contribution < 1.29 is 4.79 Å². The molecule has 2 aliphatic heterocycles. The predicted octanol–water partition coefficient (Wildman–Crippen LogP) is 3.02. The lowest BCUT2D eigenvalue weighted by atomic mass is 10.1. The standard InChI is InChI=1S/C22H25N5O.CH4/c1-15-3-6-21(24-12-15)26-9-10-27(22(28)14-26)16-4-5-17-18-13-23-8-7-19(18)25(2)20(17)11-16;/h3-6,11-12,23H,7-10,13-14H2,1-2H3;1H4. The van der Waals surface area contributed by atoms with Crippen LogP contribution >= 0.6 is 0 Å². The molecular weight excluding hydrogens is 362 g/mol. The third kappa shape index (κ3) is 3.27. The molecule has 6 nitrogen and oxygen atoms in total. The van der Waals surface area contributed by atoms with Crippen LogP contribution in [0, 0.1) is 6.92 Å². The molecule has 0 aliphatic carbocycles. The molecule has 29 heavy (non-hydrogen) atoms. The van der Waals surface area contributed by atoms with Gasteiger partial charge < -0.3 is 19.7 Å². The highest BCUT2D eigenvalue weighted by Crippen LogP contribution is 2.31. The number of aromatic nitrogens is 2. The number of amides is 1. The van der Waals surface area contributed by atoms with Crippen LogP contribution in [-0.2, 0) is 24.8 Å². The van der Waals surface area contributed by atoms with Gasteiger partial charge in [-0.3, -0.25) is 4.79 Å². The molecule has 3 aromatic rings. The average Bonchev–Trinajstić information content (AvgIpc) is 3.01. The maximum absolute atomic E-state index is 12.9. The molecule has 2 aliphatic rings. The molecule has 0 saturated carbocycles. The first-order valence-electron chi connectivity index (χ1n) is 9.91. The first-order chi connectivity index (χ1) is 13.6. The van der Waals surface area contributed by atoms with E-state index in [0.29, 0.717) is 13.1 Å².